The van der Waals surface area contributed by atoms with Gasteiger partial charge in [-0.25, -0.2) is 0 Å². The van der Waals surface area contributed by atoms with E-state index in [-0.39, 0.29) is 16.9 Å². The number of fused-ring (bicyclic) bond motifs is 1. The maximum Gasteiger partial charge on any atom is 0.229 e. The van der Waals surface area contributed by atoms with Gasteiger partial charge in [-0.15, -0.1) is 0 Å². The minimum Gasteiger partial charge on any atom is -0.461 e. The Kier molecular flexibility index (Phi) is 5.35. The summed E-state index contributed by atoms with van der Waals surface area (Å²) >= 11 is 0. The van der Waals surface area contributed by atoms with Crippen LogP contribution in [0.25, 0.3) is 22.3 Å². The summed E-state index contributed by atoms with van der Waals surface area (Å²) in [5, 5.41) is 39.9. The van der Waals surface area contributed by atoms with Gasteiger partial charge < -0.3 is 34.3 Å². The van der Waals surface area contributed by atoms with Crippen LogP contribution in [0.5, 0.6) is 5.75 Å². The van der Waals surface area contributed by atoms with Crippen LogP contribution in [0.15, 0.2) is 63.8 Å². The van der Waals surface area contributed by atoms with Crippen molar-refractivity contribution in [3.05, 3.63) is 64.8 Å². The van der Waals surface area contributed by atoms with Crippen LogP contribution in [-0.2, 0) is 4.74 Å². The van der Waals surface area contributed by atoms with Gasteiger partial charge in [0.25, 0.3) is 0 Å². The van der Waals surface area contributed by atoms with Crippen LogP contribution < -0.4 is 10.2 Å². The minimum atomic E-state index is -1.56. The lowest BCUT2D eigenvalue weighted by Crippen LogP contribution is -2.60. The highest BCUT2D eigenvalue weighted by Crippen LogP contribution is 2.33. The molecule has 0 radical (unpaired) electrons. The lowest BCUT2D eigenvalue weighted by molar-refractivity contribution is -0.277. The van der Waals surface area contributed by atoms with E-state index < -0.39 is 37.3 Å². The van der Waals surface area contributed by atoms with Gasteiger partial charge in [0.1, 0.15) is 41.5 Å². The van der Waals surface area contributed by atoms with E-state index in [0.717, 1.165) is 0 Å². The topological polar surface area (TPSA) is 130 Å². The molecule has 5 atom stereocenters. The van der Waals surface area contributed by atoms with Crippen molar-refractivity contribution in [1.82, 2.24) is 0 Å². The Morgan fingerprint density at radius 3 is 2.45 bits per heavy atom. The van der Waals surface area contributed by atoms with E-state index >= 15 is 0 Å². The quantitative estimate of drug-likeness (QED) is 0.502. The molecular formula is C21H20O8. The molecule has 152 valence electrons. The molecule has 1 aliphatic heterocycles. The van der Waals surface area contributed by atoms with Crippen LogP contribution in [0.2, 0.25) is 0 Å². The molecule has 8 heteroatoms. The lowest BCUT2D eigenvalue weighted by Gasteiger charge is -2.39. The molecule has 8 nitrogen and oxygen atoms in total. The van der Waals surface area contributed by atoms with Gasteiger partial charge in [0.05, 0.1) is 17.6 Å². The summed E-state index contributed by atoms with van der Waals surface area (Å²) in [6, 6.07) is 14.9. The third-order valence-electron chi connectivity index (χ3n) is 4.88. The zero-order valence-corrected chi connectivity index (χ0v) is 15.2. The zero-order valence-electron chi connectivity index (χ0n) is 15.2. The van der Waals surface area contributed by atoms with Gasteiger partial charge in [-0.2, -0.15) is 0 Å². The highest BCUT2D eigenvalue weighted by molar-refractivity contribution is 5.79. The van der Waals surface area contributed by atoms with E-state index in [2.05, 4.69) is 0 Å². The summed E-state index contributed by atoms with van der Waals surface area (Å²) in [7, 11) is 0. The predicted octanol–water partition coefficient (Wildman–Crippen LogP) is 0.639. The van der Waals surface area contributed by atoms with Crippen molar-refractivity contribution in [1.29, 1.82) is 0 Å². The van der Waals surface area contributed by atoms with Gasteiger partial charge in [-0.3, -0.25) is 4.79 Å². The average molecular weight is 400 g/mol. The molecule has 2 aromatic carbocycles. The summed E-state index contributed by atoms with van der Waals surface area (Å²) in [6.45, 7) is -0.563. The van der Waals surface area contributed by atoms with Crippen LogP contribution in [-0.4, -0.2) is 57.7 Å². The third-order valence-corrected chi connectivity index (χ3v) is 4.88. The molecule has 0 unspecified atom stereocenters. The molecule has 0 bridgehead atoms. The van der Waals surface area contributed by atoms with Crippen LogP contribution in [0, 0.1) is 0 Å². The Bertz CT molecular complexity index is 1060. The maximum absolute atomic E-state index is 12.4. The van der Waals surface area contributed by atoms with Gasteiger partial charge in [0, 0.05) is 6.07 Å². The van der Waals surface area contributed by atoms with Gasteiger partial charge >= 0.3 is 0 Å². The summed E-state index contributed by atoms with van der Waals surface area (Å²) in [5.74, 6) is 0.490. The first-order valence-corrected chi connectivity index (χ1v) is 9.09. The number of hydrogen-bond donors (Lipinski definition) is 4. The summed E-state index contributed by atoms with van der Waals surface area (Å²) in [5.41, 5.74) is 0.634. The van der Waals surface area contributed by atoms with Crippen molar-refractivity contribution in [2.45, 2.75) is 30.7 Å². The number of aliphatic hydroxyl groups is 4. The van der Waals surface area contributed by atoms with E-state index in [1.807, 2.05) is 0 Å². The molecule has 1 aromatic heterocycles. The fourth-order valence-corrected chi connectivity index (χ4v) is 3.30. The Morgan fingerprint density at radius 2 is 1.66 bits per heavy atom. The Labute approximate surface area is 165 Å². The molecule has 2 heterocycles. The zero-order chi connectivity index (χ0) is 20.5. The van der Waals surface area contributed by atoms with E-state index in [9.17, 15) is 25.2 Å². The number of para-hydroxylation sites is 2. The van der Waals surface area contributed by atoms with Gasteiger partial charge in [0.15, 0.2) is 5.43 Å². The molecule has 3 aromatic rings. The second-order valence-corrected chi connectivity index (χ2v) is 6.78. The number of benzene rings is 2. The summed E-state index contributed by atoms with van der Waals surface area (Å²) in [6.07, 6.45) is -7.03. The molecule has 1 aliphatic rings. The SMILES string of the molecule is O=c1cc(-c2ccccc2O[C@@H]2O[C@H](CO)[C@@H](O)[C@H](O)[C@H]2O)oc2ccccc12. The lowest BCUT2D eigenvalue weighted by atomic mass is 9.99. The molecular weight excluding hydrogens is 380 g/mol. The normalized spacial score (nSPS) is 27.1. The molecule has 0 aliphatic carbocycles. The predicted molar refractivity (Wildman–Crippen MR) is 102 cm³/mol. The molecule has 1 saturated heterocycles. The number of aliphatic hydroxyl groups excluding tert-OH is 4. The molecule has 0 amide bonds. The van der Waals surface area contributed by atoms with E-state index in [1.54, 1.807) is 48.5 Å². The first-order chi connectivity index (χ1) is 14.0. The second-order valence-electron chi connectivity index (χ2n) is 6.78. The Morgan fingerprint density at radius 1 is 0.931 bits per heavy atom. The van der Waals surface area contributed by atoms with E-state index in [0.29, 0.717) is 16.5 Å². The average Bonchev–Trinajstić information content (AvgIpc) is 2.74. The molecule has 4 rings (SSSR count). The second kappa shape index (κ2) is 7.94. The molecule has 0 saturated carbocycles. The molecule has 0 spiro atoms. The first kappa shape index (κ1) is 19.6. The van der Waals surface area contributed by atoms with E-state index in [1.165, 1.54) is 6.07 Å². The standard InChI is InChI=1S/C21H20O8/c22-10-17-18(24)19(25)20(26)21(29-17)28-15-8-4-2-6-12(15)16-9-13(23)11-5-1-3-7-14(11)27-16/h1-9,17-22,24-26H,10H2/t17-,18-,19+,20-,21-/m1/s1. The minimum absolute atomic E-state index is 0.218. The summed E-state index contributed by atoms with van der Waals surface area (Å²) < 4.78 is 17.0. The van der Waals surface area contributed by atoms with Crippen molar-refractivity contribution in [2.75, 3.05) is 6.61 Å². The van der Waals surface area contributed by atoms with Crippen molar-refractivity contribution < 1.29 is 34.3 Å². The molecule has 1 fully saturated rings. The largest absolute Gasteiger partial charge is 0.461 e. The highest BCUT2D eigenvalue weighted by atomic mass is 16.7. The van der Waals surface area contributed by atoms with Crippen LogP contribution in [0.4, 0.5) is 0 Å². The van der Waals surface area contributed by atoms with Gasteiger partial charge in [-0.05, 0) is 24.3 Å². The highest BCUT2D eigenvalue weighted by Gasteiger charge is 2.44. The van der Waals surface area contributed by atoms with Gasteiger partial charge in [0.2, 0.25) is 6.29 Å². The van der Waals surface area contributed by atoms with Crippen molar-refractivity contribution >= 4 is 11.0 Å². The van der Waals surface area contributed by atoms with Crippen molar-refractivity contribution in [3.63, 3.8) is 0 Å². The van der Waals surface area contributed by atoms with Crippen molar-refractivity contribution in [2.24, 2.45) is 0 Å². The maximum atomic E-state index is 12.4. The van der Waals surface area contributed by atoms with Crippen molar-refractivity contribution in [3.8, 4) is 17.1 Å². The van der Waals surface area contributed by atoms with Crippen LogP contribution >= 0.6 is 0 Å². The first-order valence-electron chi connectivity index (χ1n) is 9.09. The van der Waals surface area contributed by atoms with Crippen LogP contribution in [0.1, 0.15) is 0 Å². The summed E-state index contributed by atoms with van der Waals surface area (Å²) in [4.78, 5) is 12.4. The number of ether oxygens (including phenoxy) is 2. The molecule has 29 heavy (non-hydrogen) atoms. The molecule has 4 N–H and O–H groups in total. The Hall–Kier alpha value is -2.75. The van der Waals surface area contributed by atoms with Gasteiger partial charge in [-0.1, -0.05) is 24.3 Å². The van der Waals surface area contributed by atoms with E-state index in [4.69, 9.17) is 13.9 Å². The Balaban J connectivity index is 1.70. The fraction of sp³-hybridized carbons (Fsp3) is 0.286. The smallest absolute Gasteiger partial charge is 0.229 e. The number of rotatable bonds is 4. The monoisotopic (exact) mass is 400 g/mol. The third kappa shape index (κ3) is 3.64. The number of hydrogen-bond acceptors (Lipinski definition) is 8. The fourth-order valence-electron chi connectivity index (χ4n) is 3.30. The van der Waals surface area contributed by atoms with Crippen LogP contribution in [0.3, 0.4) is 0 Å².